The lowest BCUT2D eigenvalue weighted by molar-refractivity contribution is 0.191. The van der Waals surface area contributed by atoms with Crippen molar-refractivity contribution in [3.8, 4) is 5.75 Å². The summed E-state index contributed by atoms with van der Waals surface area (Å²) in [5.41, 5.74) is 0. The molecule has 0 fully saturated rings. The van der Waals surface area contributed by atoms with Gasteiger partial charge in [-0.3, -0.25) is 0 Å². The smallest absolute Gasteiger partial charge is 0.317 e. The van der Waals surface area contributed by atoms with Crippen LogP contribution in [0.5, 0.6) is 5.75 Å². The number of hydrogen-bond donors (Lipinski definition) is 1. The van der Waals surface area contributed by atoms with Crippen LogP contribution in [0, 0.1) is 5.92 Å². The average Bonchev–Trinajstić information content (AvgIpc) is 2.40. The molecule has 0 aliphatic heterocycles. The second kappa shape index (κ2) is 8.69. The Morgan fingerprint density at radius 1 is 1.45 bits per heavy atom. The second-order valence-electron chi connectivity index (χ2n) is 4.97. The predicted molar refractivity (Wildman–Crippen MR) is 82.4 cm³/mol. The summed E-state index contributed by atoms with van der Waals surface area (Å²) in [7, 11) is 0. The Morgan fingerprint density at radius 3 is 2.80 bits per heavy atom. The van der Waals surface area contributed by atoms with Crippen LogP contribution in [0.25, 0.3) is 0 Å². The first-order chi connectivity index (χ1) is 9.52. The minimum atomic E-state index is -0.0455. The molecule has 5 heteroatoms. The maximum absolute atomic E-state index is 11.9. The molecule has 112 valence electrons. The van der Waals surface area contributed by atoms with Gasteiger partial charge in [0, 0.05) is 18.1 Å². The minimum Gasteiger partial charge on any atom is -0.492 e. The van der Waals surface area contributed by atoms with Crippen LogP contribution < -0.4 is 10.1 Å². The van der Waals surface area contributed by atoms with Gasteiger partial charge in [-0.2, -0.15) is 0 Å². The van der Waals surface area contributed by atoms with Crippen LogP contribution in [0.1, 0.15) is 20.8 Å². The van der Waals surface area contributed by atoms with Crippen molar-refractivity contribution in [1.29, 1.82) is 0 Å². The van der Waals surface area contributed by atoms with Crippen molar-refractivity contribution in [1.82, 2.24) is 10.2 Å². The van der Waals surface area contributed by atoms with Gasteiger partial charge in [-0.25, -0.2) is 4.79 Å². The summed E-state index contributed by atoms with van der Waals surface area (Å²) in [4.78, 5) is 13.7. The van der Waals surface area contributed by atoms with Gasteiger partial charge in [0.05, 0.1) is 6.54 Å². The van der Waals surface area contributed by atoms with Gasteiger partial charge in [-0.1, -0.05) is 31.5 Å². The molecule has 1 N–H and O–H groups in total. The van der Waals surface area contributed by atoms with Crippen LogP contribution in [-0.2, 0) is 0 Å². The Hall–Kier alpha value is -1.42. The SMILES string of the molecule is CCN(CC(C)C)C(=O)NCCOc1cccc(Cl)c1. The van der Waals surface area contributed by atoms with E-state index in [1.807, 2.05) is 19.1 Å². The summed E-state index contributed by atoms with van der Waals surface area (Å²) in [6, 6.07) is 7.17. The van der Waals surface area contributed by atoms with Crippen molar-refractivity contribution in [3.63, 3.8) is 0 Å². The highest BCUT2D eigenvalue weighted by Crippen LogP contribution is 2.16. The molecule has 2 amide bonds. The average molecular weight is 299 g/mol. The zero-order valence-electron chi connectivity index (χ0n) is 12.4. The summed E-state index contributed by atoms with van der Waals surface area (Å²) >= 11 is 5.86. The number of amides is 2. The lowest BCUT2D eigenvalue weighted by atomic mass is 10.2. The quantitative estimate of drug-likeness (QED) is 0.784. The van der Waals surface area contributed by atoms with Gasteiger partial charge in [-0.15, -0.1) is 0 Å². The Bertz CT molecular complexity index is 424. The molecular weight excluding hydrogens is 276 g/mol. The van der Waals surface area contributed by atoms with Gasteiger partial charge >= 0.3 is 6.03 Å². The van der Waals surface area contributed by atoms with Gasteiger partial charge < -0.3 is 15.0 Å². The monoisotopic (exact) mass is 298 g/mol. The molecule has 0 atom stereocenters. The number of nitrogens with zero attached hydrogens (tertiary/aromatic N) is 1. The Kier molecular flexibility index (Phi) is 7.23. The molecule has 4 nitrogen and oxygen atoms in total. The molecule has 0 saturated carbocycles. The van der Waals surface area contributed by atoms with Crippen molar-refractivity contribution in [2.24, 2.45) is 5.92 Å². The maximum atomic E-state index is 11.9. The Morgan fingerprint density at radius 2 is 2.20 bits per heavy atom. The molecule has 1 rings (SSSR count). The molecule has 0 aromatic heterocycles. The fraction of sp³-hybridized carbons (Fsp3) is 0.533. The predicted octanol–water partition coefficient (Wildman–Crippen LogP) is 3.41. The molecule has 0 aliphatic carbocycles. The highest BCUT2D eigenvalue weighted by molar-refractivity contribution is 6.30. The largest absolute Gasteiger partial charge is 0.492 e. The van der Waals surface area contributed by atoms with Crippen molar-refractivity contribution in [2.75, 3.05) is 26.2 Å². The van der Waals surface area contributed by atoms with Crippen LogP contribution in [0.2, 0.25) is 5.02 Å². The third-order valence-corrected chi connectivity index (χ3v) is 2.93. The number of halogens is 1. The van der Waals surface area contributed by atoms with E-state index in [0.29, 0.717) is 36.4 Å². The molecule has 0 heterocycles. The molecule has 0 unspecified atom stereocenters. The van der Waals surface area contributed by atoms with Gasteiger partial charge in [0.15, 0.2) is 0 Å². The third kappa shape index (κ3) is 6.15. The van der Waals surface area contributed by atoms with E-state index in [2.05, 4.69) is 19.2 Å². The number of nitrogens with one attached hydrogen (secondary N) is 1. The topological polar surface area (TPSA) is 41.6 Å². The highest BCUT2D eigenvalue weighted by atomic mass is 35.5. The van der Waals surface area contributed by atoms with Crippen LogP contribution in [0.3, 0.4) is 0 Å². The molecule has 20 heavy (non-hydrogen) atoms. The van der Waals surface area contributed by atoms with Crippen molar-refractivity contribution in [3.05, 3.63) is 29.3 Å². The lowest BCUT2D eigenvalue weighted by Gasteiger charge is -2.23. The molecule has 0 saturated heterocycles. The van der Waals surface area contributed by atoms with Crippen molar-refractivity contribution in [2.45, 2.75) is 20.8 Å². The van der Waals surface area contributed by atoms with Gasteiger partial charge in [0.25, 0.3) is 0 Å². The number of carbonyl (C=O) groups is 1. The number of ether oxygens (including phenoxy) is 1. The molecule has 1 aromatic rings. The third-order valence-electron chi connectivity index (χ3n) is 2.70. The van der Waals surface area contributed by atoms with E-state index < -0.39 is 0 Å². The van der Waals surface area contributed by atoms with E-state index in [1.165, 1.54) is 0 Å². The highest BCUT2D eigenvalue weighted by Gasteiger charge is 2.11. The number of hydrogen-bond acceptors (Lipinski definition) is 2. The van der Waals surface area contributed by atoms with Crippen LogP contribution in [0.15, 0.2) is 24.3 Å². The van der Waals surface area contributed by atoms with E-state index in [4.69, 9.17) is 16.3 Å². The number of rotatable bonds is 7. The van der Waals surface area contributed by atoms with Gasteiger partial charge in [-0.05, 0) is 31.0 Å². The van der Waals surface area contributed by atoms with E-state index in [0.717, 1.165) is 6.54 Å². The van der Waals surface area contributed by atoms with Crippen LogP contribution >= 0.6 is 11.6 Å². The van der Waals surface area contributed by atoms with Crippen LogP contribution in [-0.4, -0.2) is 37.2 Å². The summed E-state index contributed by atoms with van der Waals surface area (Å²) in [6.07, 6.45) is 0. The maximum Gasteiger partial charge on any atom is 0.317 e. The van der Waals surface area contributed by atoms with Gasteiger partial charge in [0.2, 0.25) is 0 Å². The number of urea groups is 1. The first-order valence-corrected chi connectivity index (χ1v) is 7.31. The van der Waals surface area contributed by atoms with E-state index >= 15 is 0 Å². The minimum absolute atomic E-state index is 0.0455. The zero-order valence-corrected chi connectivity index (χ0v) is 13.1. The molecule has 0 aliphatic rings. The molecule has 0 spiro atoms. The second-order valence-corrected chi connectivity index (χ2v) is 5.41. The van der Waals surface area contributed by atoms with Crippen molar-refractivity contribution < 1.29 is 9.53 Å². The zero-order chi connectivity index (χ0) is 15.0. The Labute approximate surface area is 126 Å². The molecule has 0 radical (unpaired) electrons. The standard InChI is InChI=1S/C15H23ClN2O2/c1-4-18(11-12(2)3)15(19)17-8-9-20-14-7-5-6-13(16)10-14/h5-7,10,12H,4,8-9,11H2,1-3H3,(H,17,19). The Balaban J connectivity index is 2.27. The normalized spacial score (nSPS) is 10.4. The number of carbonyl (C=O) groups excluding carboxylic acids is 1. The van der Waals surface area contributed by atoms with E-state index in [-0.39, 0.29) is 6.03 Å². The van der Waals surface area contributed by atoms with Gasteiger partial charge in [0.1, 0.15) is 12.4 Å². The first-order valence-electron chi connectivity index (χ1n) is 6.94. The molecule has 1 aromatic carbocycles. The summed E-state index contributed by atoms with van der Waals surface area (Å²) in [5, 5.41) is 3.49. The van der Waals surface area contributed by atoms with Crippen LogP contribution in [0.4, 0.5) is 4.79 Å². The fourth-order valence-corrected chi connectivity index (χ4v) is 1.97. The molecular formula is C15H23ClN2O2. The lowest BCUT2D eigenvalue weighted by Crippen LogP contribution is -2.43. The summed E-state index contributed by atoms with van der Waals surface area (Å²) in [6.45, 7) is 8.53. The van der Waals surface area contributed by atoms with Crippen molar-refractivity contribution >= 4 is 17.6 Å². The summed E-state index contributed by atoms with van der Waals surface area (Å²) < 4.78 is 5.51. The van der Waals surface area contributed by atoms with E-state index in [1.54, 1.807) is 17.0 Å². The molecule has 0 bridgehead atoms. The fourth-order valence-electron chi connectivity index (χ4n) is 1.79. The summed E-state index contributed by atoms with van der Waals surface area (Å²) in [5.74, 6) is 1.17. The van der Waals surface area contributed by atoms with E-state index in [9.17, 15) is 4.79 Å². The first kappa shape index (κ1) is 16.6. The number of benzene rings is 1.